The van der Waals surface area contributed by atoms with Crippen molar-refractivity contribution in [1.29, 1.82) is 0 Å². The molecule has 1 saturated heterocycles. The molecule has 262 valence electrons. The maximum Gasteiger partial charge on any atom is 0.408 e. The molecule has 2 heterocycles. The zero-order chi connectivity index (χ0) is 35.6. The Kier molecular flexibility index (Phi) is 12.5. The van der Waals surface area contributed by atoms with Crippen molar-refractivity contribution in [3.8, 4) is 0 Å². The number of alkyl carbamates (subject to hydrolysis) is 1. The molecular weight excluding hydrogens is 628 g/mol. The van der Waals surface area contributed by atoms with Crippen LogP contribution >= 0.6 is 0 Å². The van der Waals surface area contributed by atoms with Crippen molar-refractivity contribution in [2.45, 2.75) is 82.6 Å². The van der Waals surface area contributed by atoms with E-state index in [9.17, 15) is 24.0 Å². The highest BCUT2D eigenvalue weighted by molar-refractivity contribution is 5.95. The highest BCUT2D eigenvalue weighted by atomic mass is 16.6. The summed E-state index contributed by atoms with van der Waals surface area (Å²) in [6.07, 6.45) is 3.77. The number of imidazole rings is 1. The van der Waals surface area contributed by atoms with Crippen LogP contribution in [0.25, 0.3) is 0 Å². The fourth-order valence-electron chi connectivity index (χ4n) is 5.73. The molecule has 13 heteroatoms. The summed E-state index contributed by atoms with van der Waals surface area (Å²) in [5.41, 5.74) is 1.50. The Hall–Kier alpha value is -5.20. The molecule has 0 unspecified atom stereocenters. The van der Waals surface area contributed by atoms with Gasteiger partial charge in [-0.1, -0.05) is 60.7 Å². The molecule has 0 radical (unpaired) electrons. The number of likely N-dealkylation sites (tertiary alicyclic amines) is 1. The molecule has 4 atom stereocenters. The van der Waals surface area contributed by atoms with E-state index in [4.69, 9.17) is 9.47 Å². The fraction of sp³-hybridized carbons (Fsp3) is 0.444. The molecule has 13 nitrogen and oxygen atoms in total. The van der Waals surface area contributed by atoms with Crippen LogP contribution < -0.4 is 16.0 Å². The van der Waals surface area contributed by atoms with Crippen molar-refractivity contribution in [3.05, 3.63) is 90.0 Å². The van der Waals surface area contributed by atoms with Crippen LogP contribution in [0, 0.1) is 0 Å². The van der Waals surface area contributed by atoms with Crippen molar-refractivity contribution < 1.29 is 33.4 Å². The van der Waals surface area contributed by atoms with E-state index in [-0.39, 0.29) is 25.8 Å². The number of benzene rings is 2. The topological polar surface area (TPSA) is 161 Å². The number of carbonyl (C=O) groups is 5. The maximum absolute atomic E-state index is 14.3. The van der Waals surface area contributed by atoms with Crippen molar-refractivity contribution in [3.63, 3.8) is 0 Å². The first-order valence-corrected chi connectivity index (χ1v) is 16.4. The number of rotatable bonds is 13. The van der Waals surface area contributed by atoms with Crippen molar-refractivity contribution in [2.24, 2.45) is 7.05 Å². The van der Waals surface area contributed by atoms with E-state index in [2.05, 4.69) is 20.9 Å². The summed E-state index contributed by atoms with van der Waals surface area (Å²) in [4.78, 5) is 72.9. The predicted octanol–water partition coefficient (Wildman–Crippen LogP) is 2.47. The third-order valence-corrected chi connectivity index (χ3v) is 8.16. The van der Waals surface area contributed by atoms with Gasteiger partial charge in [-0.05, 0) is 44.7 Å². The van der Waals surface area contributed by atoms with Gasteiger partial charge in [0, 0.05) is 44.7 Å². The highest BCUT2D eigenvalue weighted by Gasteiger charge is 2.40. The van der Waals surface area contributed by atoms with Gasteiger partial charge in [-0.3, -0.25) is 14.4 Å². The van der Waals surface area contributed by atoms with Gasteiger partial charge in [0.1, 0.15) is 29.8 Å². The molecule has 1 fully saturated rings. The number of esters is 1. The molecule has 1 aliphatic heterocycles. The van der Waals surface area contributed by atoms with E-state index in [0.29, 0.717) is 18.5 Å². The second-order valence-electron chi connectivity index (χ2n) is 13.1. The summed E-state index contributed by atoms with van der Waals surface area (Å²) in [6.45, 7) is 5.44. The number of carbonyl (C=O) groups excluding carboxylic acids is 5. The number of hydrogen-bond donors (Lipinski definition) is 3. The van der Waals surface area contributed by atoms with Crippen LogP contribution in [0.3, 0.4) is 0 Å². The number of hydrogen-bond acceptors (Lipinski definition) is 8. The maximum atomic E-state index is 14.3. The lowest BCUT2D eigenvalue weighted by Crippen LogP contribution is -2.58. The quantitative estimate of drug-likeness (QED) is 0.233. The number of methoxy groups -OCH3 is 1. The summed E-state index contributed by atoms with van der Waals surface area (Å²) in [6, 6.07) is 14.5. The van der Waals surface area contributed by atoms with E-state index < -0.39 is 59.6 Å². The highest BCUT2D eigenvalue weighted by Crippen LogP contribution is 2.21. The Morgan fingerprint density at radius 2 is 1.47 bits per heavy atom. The molecule has 1 aliphatic rings. The molecule has 3 aromatic rings. The van der Waals surface area contributed by atoms with Crippen LogP contribution in [0.4, 0.5) is 4.79 Å². The van der Waals surface area contributed by atoms with E-state index in [1.54, 1.807) is 44.9 Å². The summed E-state index contributed by atoms with van der Waals surface area (Å²) in [5, 5.41) is 8.32. The third kappa shape index (κ3) is 10.6. The lowest BCUT2D eigenvalue weighted by molar-refractivity contribution is -0.146. The van der Waals surface area contributed by atoms with Crippen LogP contribution in [0.2, 0.25) is 0 Å². The molecular formula is C36H46N6O7. The van der Waals surface area contributed by atoms with Gasteiger partial charge in [-0.25, -0.2) is 14.6 Å². The summed E-state index contributed by atoms with van der Waals surface area (Å²) >= 11 is 0. The minimum absolute atomic E-state index is 0.0822. The largest absolute Gasteiger partial charge is 0.467 e. The summed E-state index contributed by atoms with van der Waals surface area (Å²) < 4.78 is 12.1. The first kappa shape index (κ1) is 36.6. The molecule has 4 rings (SSSR count). The molecule has 0 bridgehead atoms. The van der Waals surface area contributed by atoms with Gasteiger partial charge in [0.15, 0.2) is 0 Å². The Morgan fingerprint density at radius 3 is 2.02 bits per heavy atom. The second-order valence-corrected chi connectivity index (χ2v) is 13.1. The van der Waals surface area contributed by atoms with E-state index in [0.717, 1.165) is 11.1 Å². The standard InChI is InChI=1S/C36H46N6O7/c1-36(2,3)49-35(47)40-27(21-26-22-37-23-41(26)4)31(43)38-28(19-24-13-8-6-9-14-24)33(45)42-18-12-17-30(42)32(44)39-29(34(46)48-5)20-25-15-10-7-11-16-25/h6-11,13-16,22-23,27-30H,12,17-21H2,1-5H3,(H,38,43)(H,39,44)(H,40,47)/t27-,28-,29-,30-/m0/s1. The van der Waals surface area contributed by atoms with E-state index >= 15 is 0 Å². The van der Waals surface area contributed by atoms with Gasteiger partial charge in [0.2, 0.25) is 17.7 Å². The zero-order valence-corrected chi connectivity index (χ0v) is 28.7. The molecule has 1 aromatic heterocycles. The van der Waals surface area contributed by atoms with Gasteiger partial charge in [-0.15, -0.1) is 0 Å². The second kappa shape index (κ2) is 16.8. The first-order chi connectivity index (χ1) is 23.3. The lowest BCUT2D eigenvalue weighted by atomic mass is 10.0. The van der Waals surface area contributed by atoms with Crippen LogP contribution in [0.5, 0.6) is 0 Å². The van der Waals surface area contributed by atoms with Gasteiger partial charge < -0.3 is 34.9 Å². The van der Waals surface area contributed by atoms with Crippen LogP contribution in [0.15, 0.2) is 73.2 Å². The lowest BCUT2D eigenvalue weighted by Gasteiger charge is -2.31. The molecule has 0 aliphatic carbocycles. The first-order valence-electron chi connectivity index (χ1n) is 16.4. The Balaban J connectivity index is 1.56. The molecule has 0 saturated carbocycles. The summed E-state index contributed by atoms with van der Waals surface area (Å²) in [7, 11) is 3.03. The number of amides is 4. The van der Waals surface area contributed by atoms with Gasteiger partial charge in [0.05, 0.1) is 13.4 Å². The zero-order valence-electron chi connectivity index (χ0n) is 28.7. The molecule has 49 heavy (non-hydrogen) atoms. The number of nitrogens with one attached hydrogen (secondary N) is 3. The van der Waals surface area contributed by atoms with Crippen LogP contribution in [0.1, 0.15) is 50.4 Å². The Morgan fingerprint density at radius 1 is 0.857 bits per heavy atom. The molecule has 2 aromatic carbocycles. The average molecular weight is 675 g/mol. The van der Waals surface area contributed by atoms with Gasteiger partial charge in [-0.2, -0.15) is 0 Å². The third-order valence-electron chi connectivity index (χ3n) is 8.16. The minimum atomic E-state index is -1.10. The normalized spacial score (nSPS) is 16.2. The fourth-order valence-corrected chi connectivity index (χ4v) is 5.73. The van der Waals surface area contributed by atoms with E-state index in [1.807, 2.05) is 60.7 Å². The molecule has 3 N–H and O–H groups in total. The minimum Gasteiger partial charge on any atom is -0.467 e. The van der Waals surface area contributed by atoms with Gasteiger partial charge in [0.25, 0.3) is 0 Å². The van der Waals surface area contributed by atoms with E-state index in [1.165, 1.54) is 12.0 Å². The number of nitrogens with zero attached hydrogens (tertiary/aromatic N) is 3. The Labute approximate surface area is 286 Å². The monoisotopic (exact) mass is 674 g/mol. The van der Waals surface area contributed by atoms with Crippen LogP contribution in [-0.2, 0) is 55.0 Å². The molecule has 0 spiro atoms. The number of aromatic nitrogens is 2. The number of aryl methyl sites for hydroxylation is 1. The van der Waals surface area contributed by atoms with Crippen molar-refractivity contribution in [2.75, 3.05) is 13.7 Å². The van der Waals surface area contributed by atoms with Crippen molar-refractivity contribution in [1.82, 2.24) is 30.4 Å². The van der Waals surface area contributed by atoms with Crippen LogP contribution in [-0.4, -0.2) is 87.7 Å². The molecule has 4 amide bonds. The number of ether oxygens (including phenoxy) is 2. The predicted molar refractivity (Wildman–Crippen MR) is 181 cm³/mol. The summed E-state index contributed by atoms with van der Waals surface area (Å²) in [5.74, 6) is -2.14. The van der Waals surface area contributed by atoms with Crippen molar-refractivity contribution >= 4 is 29.8 Å². The average Bonchev–Trinajstić information content (AvgIpc) is 3.72. The van der Waals surface area contributed by atoms with Gasteiger partial charge >= 0.3 is 12.1 Å². The smallest absolute Gasteiger partial charge is 0.408 e. The Bertz CT molecular complexity index is 1590. The SMILES string of the molecule is COC(=O)[C@H](Cc1ccccc1)NC(=O)[C@@H]1CCCN1C(=O)[C@H](Cc1ccccc1)NC(=O)[C@H](Cc1cncn1C)NC(=O)OC(C)(C)C.